The quantitative estimate of drug-likeness (QED) is 0.306. The maximum atomic E-state index is 13.6. The zero-order valence-electron chi connectivity index (χ0n) is 15.2. The molecule has 148 valence electrons. The summed E-state index contributed by atoms with van der Waals surface area (Å²) >= 11 is 0. The van der Waals surface area contributed by atoms with Crippen LogP contribution in [-0.2, 0) is 28.9 Å². The second kappa shape index (κ2) is 11.2. The number of halogens is 2. The smallest absolute Gasteiger partial charge is 0.215 e. The fourth-order valence-corrected chi connectivity index (χ4v) is 3.05. The van der Waals surface area contributed by atoms with Gasteiger partial charge in [0.1, 0.15) is 5.82 Å². The van der Waals surface area contributed by atoms with Crippen molar-refractivity contribution in [2.24, 2.45) is 4.99 Å². The van der Waals surface area contributed by atoms with Crippen molar-refractivity contribution in [2.75, 3.05) is 14.1 Å². The van der Waals surface area contributed by atoms with Crippen LogP contribution in [-0.4, -0.2) is 28.5 Å². The first kappa shape index (κ1) is 23.3. The van der Waals surface area contributed by atoms with Crippen molar-refractivity contribution in [3.05, 3.63) is 71.0 Å². The topological polar surface area (TPSA) is 82.6 Å². The van der Waals surface area contributed by atoms with Crippen LogP contribution in [0.25, 0.3) is 0 Å². The van der Waals surface area contributed by atoms with E-state index in [4.69, 9.17) is 0 Å². The predicted molar refractivity (Wildman–Crippen MR) is 117 cm³/mol. The molecule has 9 heteroatoms. The van der Waals surface area contributed by atoms with E-state index in [1.807, 2.05) is 12.1 Å². The largest absolute Gasteiger partial charge is 0.352 e. The molecule has 0 aromatic heterocycles. The van der Waals surface area contributed by atoms with E-state index in [2.05, 4.69) is 20.3 Å². The van der Waals surface area contributed by atoms with Crippen molar-refractivity contribution in [3.8, 4) is 0 Å². The van der Waals surface area contributed by atoms with Gasteiger partial charge in [0.05, 0.1) is 5.75 Å². The van der Waals surface area contributed by atoms with Crippen molar-refractivity contribution in [2.45, 2.75) is 18.8 Å². The molecule has 2 rings (SSSR count). The molecule has 6 nitrogen and oxygen atoms in total. The van der Waals surface area contributed by atoms with E-state index in [-0.39, 0.29) is 35.5 Å². The fraction of sp³-hybridized carbons (Fsp3) is 0.278. The lowest BCUT2D eigenvalue weighted by atomic mass is 10.1. The Morgan fingerprint density at radius 2 is 1.59 bits per heavy atom. The fourth-order valence-electron chi connectivity index (χ4n) is 2.27. The molecule has 0 bridgehead atoms. The molecule has 0 aliphatic carbocycles. The lowest BCUT2D eigenvalue weighted by Gasteiger charge is -2.12. The number of nitrogens with zero attached hydrogens (tertiary/aromatic N) is 1. The molecule has 0 fully saturated rings. The normalized spacial score (nSPS) is 11.6. The van der Waals surface area contributed by atoms with Gasteiger partial charge in [-0.1, -0.05) is 42.5 Å². The van der Waals surface area contributed by atoms with Crippen molar-refractivity contribution in [1.82, 2.24) is 15.4 Å². The molecule has 0 aliphatic rings. The molecule has 0 radical (unpaired) electrons. The Balaban J connectivity index is 0.00000364. The number of guanidine groups is 1. The van der Waals surface area contributed by atoms with Crippen LogP contribution in [0.5, 0.6) is 0 Å². The highest BCUT2D eigenvalue weighted by molar-refractivity contribution is 14.0. The van der Waals surface area contributed by atoms with Crippen LogP contribution in [0.15, 0.2) is 53.5 Å². The van der Waals surface area contributed by atoms with Crippen LogP contribution in [0.4, 0.5) is 4.39 Å². The summed E-state index contributed by atoms with van der Waals surface area (Å²) < 4.78 is 39.0. The SMILES string of the molecule is CN=C(NCc1ccc(CS(=O)(=O)NC)cc1)NCc1ccccc1F.I. The Morgan fingerprint density at radius 3 is 2.19 bits per heavy atom. The van der Waals surface area contributed by atoms with Crippen LogP contribution in [0, 0.1) is 5.82 Å². The lowest BCUT2D eigenvalue weighted by molar-refractivity contribution is 0.587. The van der Waals surface area contributed by atoms with E-state index in [0.717, 1.165) is 5.56 Å². The molecule has 0 saturated heterocycles. The van der Waals surface area contributed by atoms with Gasteiger partial charge in [0, 0.05) is 25.7 Å². The zero-order valence-corrected chi connectivity index (χ0v) is 18.3. The molecule has 2 aromatic carbocycles. The summed E-state index contributed by atoms with van der Waals surface area (Å²) in [6.45, 7) is 0.836. The summed E-state index contributed by atoms with van der Waals surface area (Å²) in [6, 6.07) is 13.8. The molecule has 0 amide bonds. The first-order valence-electron chi connectivity index (χ1n) is 8.10. The van der Waals surface area contributed by atoms with E-state index in [1.54, 1.807) is 37.4 Å². The summed E-state index contributed by atoms with van der Waals surface area (Å²) in [4.78, 5) is 4.11. The van der Waals surface area contributed by atoms with Crippen LogP contribution >= 0.6 is 24.0 Å². The van der Waals surface area contributed by atoms with E-state index in [0.29, 0.717) is 30.2 Å². The van der Waals surface area contributed by atoms with Gasteiger partial charge in [0.2, 0.25) is 10.0 Å². The van der Waals surface area contributed by atoms with Crippen molar-refractivity contribution < 1.29 is 12.8 Å². The standard InChI is InChI=1S/C18H23FN4O2S.HI/c1-20-18(23-12-16-5-3-4-6-17(16)19)22-11-14-7-9-15(10-8-14)13-26(24,25)21-2;/h3-10,21H,11-13H2,1-2H3,(H2,20,22,23);1H. The second-order valence-corrected chi connectivity index (χ2v) is 7.58. The summed E-state index contributed by atoms with van der Waals surface area (Å²) in [6.07, 6.45) is 0. The van der Waals surface area contributed by atoms with Gasteiger partial charge in [-0.05, 0) is 24.2 Å². The minimum Gasteiger partial charge on any atom is -0.352 e. The van der Waals surface area contributed by atoms with Crippen molar-refractivity contribution >= 4 is 40.0 Å². The van der Waals surface area contributed by atoms with Gasteiger partial charge < -0.3 is 10.6 Å². The van der Waals surface area contributed by atoms with Gasteiger partial charge >= 0.3 is 0 Å². The van der Waals surface area contributed by atoms with Gasteiger partial charge in [-0.15, -0.1) is 24.0 Å². The average molecular weight is 506 g/mol. The molecule has 0 aliphatic heterocycles. The predicted octanol–water partition coefficient (Wildman–Crippen LogP) is 2.36. The number of rotatable bonds is 7. The maximum Gasteiger partial charge on any atom is 0.215 e. The van der Waals surface area contributed by atoms with E-state index in [1.165, 1.54) is 13.1 Å². The molecule has 0 spiro atoms. The van der Waals surface area contributed by atoms with Gasteiger partial charge in [-0.2, -0.15) is 0 Å². The molecular formula is C18H24FIN4O2S. The molecule has 0 unspecified atom stereocenters. The molecule has 0 heterocycles. The average Bonchev–Trinajstić information content (AvgIpc) is 2.64. The molecule has 3 N–H and O–H groups in total. The number of benzene rings is 2. The maximum absolute atomic E-state index is 13.6. The Bertz CT molecular complexity index is 858. The third kappa shape index (κ3) is 7.81. The molecule has 2 aromatic rings. The third-order valence-electron chi connectivity index (χ3n) is 3.78. The van der Waals surface area contributed by atoms with E-state index in [9.17, 15) is 12.8 Å². The third-order valence-corrected chi connectivity index (χ3v) is 5.11. The van der Waals surface area contributed by atoms with Crippen molar-refractivity contribution in [1.29, 1.82) is 0 Å². The zero-order chi connectivity index (χ0) is 19.0. The number of sulfonamides is 1. The summed E-state index contributed by atoms with van der Waals surface area (Å²) in [7, 11) is -0.240. The van der Waals surface area contributed by atoms with Crippen LogP contribution < -0.4 is 15.4 Å². The summed E-state index contributed by atoms with van der Waals surface area (Å²) in [5, 5.41) is 6.20. The Hall–Kier alpha value is -1.72. The van der Waals surface area contributed by atoms with Gasteiger partial charge in [-0.25, -0.2) is 17.5 Å². The van der Waals surface area contributed by atoms with Crippen LogP contribution in [0.1, 0.15) is 16.7 Å². The molecule has 27 heavy (non-hydrogen) atoms. The molecular weight excluding hydrogens is 482 g/mol. The van der Waals surface area contributed by atoms with E-state index >= 15 is 0 Å². The summed E-state index contributed by atoms with van der Waals surface area (Å²) in [5.41, 5.74) is 2.25. The molecule has 0 saturated carbocycles. The van der Waals surface area contributed by atoms with Crippen LogP contribution in [0.3, 0.4) is 0 Å². The minimum absolute atomic E-state index is 0. The Labute approximate surface area is 176 Å². The highest BCUT2D eigenvalue weighted by atomic mass is 127. The Morgan fingerprint density at radius 1 is 1.00 bits per heavy atom. The number of aliphatic imine (C=N–C) groups is 1. The lowest BCUT2D eigenvalue weighted by Crippen LogP contribution is -2.36. The highest BCUT2D eigenvalue weighted by Gasteiger charge is 2.08. The highest BCUT2D eigenvalue weighted by Crippen LogP contribution is 2.08. The van der Waals surface area contributed by atoms with Gasteiger partial charge in [0.25, 0.3) is 0 Å². The number of hydrogen-bond acceptors (Lipinski definition) is 3. The van der Waals surface area contributed by atoms with E-state index < -0.39 is 10.0 Å². The first-order valence-corrected chi connectivity index (χ1v) is 9.75. The first-order chi connectivity index (χ1) is 12.4. The Kier molecular flexibility index (Phi) is 9.67. The number of hydrogen-bond donors (Lipinski definition) is 3. The van der Waals surface area contributed by atoms with Crippen molar-refractivity contribution in [3.63, 3.8) is 0 Å². The number of nitrogens with one attached hydrogen (secondary N) is 3. The second-order valence-electron chi connectivity index (χ2n) is 5.65. The summed E-state index contributed by atoms with van der Waals surface area (Å²) in [5.74, 6) is 0.237. The monoisotopic (exact) mass is 506 g/mol. The van der Waals surface area contributed by atoms with Crippen LogP contribution in [0.2, 0.25) is 0 Å². The minimum atomic E-state index is -3.28. The molecule has 0 atom stereocenters. The van der Waals surface area contributed by atoms with Gasteiger partial charge in [-0.3, -0.25) is 4.99 Å². The van der Waals surface area contributed by atoms with Gasteiger partial charge in [0.15, 0.2) is 5.96 Å².